The summed E-state index contributed by atoms with van der Waals surface area (Å²) < 4.78 is 28.7. The van der Waals surface area contributed by atoms with Gasteiger partial charge < -0.3 is 18.9 Å². The second kappa shape index (κ2) is 12.0. The number of halogens is 1. The topological polar surface area (TPSA) is 73.9 Å². The maximum absolute atomic E-state index is 13.8. The lowest BCUT2D eigenvalue weighted by Crippen LogP contribution is -2.32. The Morgan fingerprint density at radius 1 is 0.833 bits per heavy atom. The van der Waals surface area contributed by atoms with Gasteiger partial charge in [-0.05, 0) is 59.7 Å². The Labute approximate surface area is 246 Å². The highest BCUT2D eigenvalue weighted by Crippen LogP contribution is 2.30. The van der Waals surface area contributed by atoms with Gasteiger partial charge >= 0.3 is 0 Å². The van der Waals surface area contributed by atoms with Crippen LogP contribution in [0, 0.1) is 5.82 Å². The molecule has 0 aliphatic carbocycles. The Hall–Kier alpha value is -4.83. The van der Waals surface area contributed by atoms with Crippen LogP contribution in [-0.4, -0.2) is 45.0 Å². The minimum atomic E-state index is -0.371. The van der Waals surface area contributed by atoms with Crippen LogP contribution in [0.15, 0.2) is 102 Å². The number of hydrogen-bond acceptors (Lipinski definition) is 6. The van der Waals surface area contributed by atoms with Crippen molar-refractivity contribution >= 4 is 40.2 Å². The van der Waals surface area contributed by atoms with E-state index in [0.29, 0.717) is 34.7 Å². The molecule has 0 saturated heterocycles. The number of benzene rings is 4. The third kappa shape index (κ3) is 5.40. The van der Waals surface area contributed by atoms with E-state index in [-0.39, 0.29) is 24.0 Å². The fourth-order valence-corrected chi connectivity index (χ4v) is 5.78. The number of carbonyl (C=O) groups is 1. The standard InChI is InChI=1S/C32H28FN5O3S/c1-40-28-17-12-23(18-29(28)41-2)20-36(25-15-13-24(33)14-16-25)30(39)21-42-32-35-34-31-37(19-22-8-4-3-5-9-22)26-10-6-7-11-27(26)38(31)32/h3-18H,19-21H2,1-2H3. The quantitative estimate of drug-likeness (QED) is 0.179. The summed E-state index contributed by atoms with van der Waals surface area (Å²) in [5.74, 6) is 1.43. The van der Waals surface area contributed by atoms with Gasteiger partial charge in [-0.15, -0.1) is 10.2 Å². The van der Waals surface area contributed by atoms with Crippen LogP contribution in [-0.2, 0) is 17.9 Å². The van der Waals surface area contributed by atoms with Crippen molar-refractivity contribution in [2.24, 2.45) is 0 Å². The molecule has 0 unspecified atom stereocenters. The van der Waals surface area contributed by atoms with Gasteiger partial charge in [0.1, 0.15) is 5.82 Å². The molecular weight excluding hydrogens is 553 g/mol. The van der Waals surface area contributed by atoms with Crippen LogP contribution in [0.25, 0.3) is 16.8 Å². The zero-order chi connectivity index (χ0) is 29.1. The molecule has 6 aromatic rings. The lowest BCUT2D eigenvalue weighted by atomic mass is 10.1. The maximum atomic E-state index is 13.8. The van der Waals surface area contributed by atoms with E-state index in [2.05, 4.69) is 33.0 Å². The molecule has 212 valence electrons. The number of ether oxygens (including phenoxy) is 2. The summed E-state index contributed by atoms with van der Waals surface area (Å²) in [6, 6.07) is 29.7. The van der Waals surface area contributed by atoms with Gasteiger partial charge in [0.05, 0.1) is 44.1 Å². The fourth-order valence-electron chi connectivity index (χ4n) is 4.96. The molecular formula is C32H28FN5O3S. The molecule has 0 N–H and O–H groups in total. The SMILES string of the molecule is COc1ccc(CN(C(=O)CSc2nnc3n(Cc4ccccc4)c4ccccc4n23)c2ccc(F)cc2)cc1OC. The molecule has 10 heteroatoms. The van der Waals surface area contributed by atoms with Crippen LogP contribution >= 0.6 is 11.8 Å². The summed E-state index contributed by atoms with van der Waals surface area (Å²) in [5.41, 5.74) is 4.56. The van der Waals surface area contributed by atoms with E-state index in [0.717, 1.165) is 22.2 Å². The van der Waals surface area contributed by atoms with Crippen LogP contribution in [0.5, 0.6) is 11.5 Å². The lowest BCUT2D eigenvalue weighted by molar-refractivity contribution is -0.116. The van der Waals surface area contributed by atoms with Crippen molar-refractivity contribution in [2.75, 3.05) is 24.9 Å². The Balaban J connectivity index is 1.29. The van der Waals surface area contributed by atoms with E-state index in [4.69, 9.17) is 9.47 Å². The lowest BCUT2D eigenvalue weighted by Gasteiger charge is -2.23. The molecule has 0 saturated carbocycles. The number of anilines is 1. The highest BCUT2D eigenvalue weighted by atomic mass is 32.2. The zero-order valence-corrected chi connectivity index (χ0v) is 23.9. The molecule has 0 aliphatic rings. The first-order valence-corrected chi connectivity index (χ1v) is 14.3. The van der Waals surface area contributed by atoms with Crippen molar-refractivity contribution in [3.05, 3.63) is 114 Å². The smallest absolute Gasteiger partial charge is 0.237 e. The zero-order valence-electron chi connectivity index (χ0n) is 23.1. The van der Waals surface area contributed by atoms with Crippen molar-refractivity contribution in [3.8, 4) is 11.5 Å². The third-order valence-corrected chi connectivity index (χ3v) is 7.92. The molecule has 0 fully saturated rings. The second-order valence-corrected chi connectivity index (χ2v) is 10.6. The van der Waals surface area contributed by atoms with Crippen molar-refractivity contribution in [1.82, 2.24) is 19.2 Å². The van der Waals surface area contributed by atoms with Gasteiger partial charge in [-0.3, -0.25) is 9.20 Å². The van der Waals surface area contributed by atoms with Crippen LogP contribution < -0.4 is 14.4 Å². The molecule has 0 atom stereocenters. The summed E-state index contributed by atoms with van der Waals surface area (Å²) in [5, 5.41) is 9.58. The van der Waals surface area contributed by atoms with Gasteiger partial charge in [-0.1, -0.05) is 60.3 Å². The first-order chi connectivity index (χ1) is 20.6. The van der Waals surface area contributed by atoms with E-state index in [1.165, 1.54) is 23.9 Å². The number of para-hydroxylation sites is 2. The van der Waals surface area contributed by atoms with Gasteiger partial charge in [0, 0.05) is 5.69 Å². The Morgan fingerprint density at radius 2 is 1.55 bits per heavy atom. The first-order valence-electron chi connectivity index (χ1n) is 13.3. The van der Waals surface area contributed by atoms with Crippen LogP contribution in [0.1, 0.15) is 11.1 Å². The highest BCUT2D eigenvalue weighted by Gasteiger charge is 2.22. The van der Waals surface area contributed by atoms with Crippen LogP contribution in [0.4, 0.5) is 10.1 Å². The van der Waals surface area contributed by atoms with Crippen molar-refractivity contribution in [1.29, 1.82) is 0 Å². The minimum Gasteiger partial charge on any atom is -0.493 e. The maximum Gasteiger partial charge on any atom is 0.237 e. The van der Waals surface area contributed by atoms with Crippen molar-refractivity contribution < 1.29 is 18.7 Å². The number of amides is 1. The molecule has 0 radical (unpaired) electrons. The Morgan fingerprint density at radius 3 is 2.29 bits per heavy atom. The monoisotopic (exact) mass is 581 g/mol. The number of rotatable bonds is 10. The van der Waals surface area contributed by atoms with Gasteiger partial charge in [-0.2, -0.15) is 0 Å². The Kier molecular flexibility index (Phi) is 7.78. The summed E-state index contributed by atoms with van der Waals surface area (Å²) in [4.78, 5) is 15.4. The van der Waals surface area contributed by atoms with Crippen molar-refractivity contribution in [2.45, 2.75) is 18.2 Å². The van der Waals surface area contributed by atoms with E-state index >= 15 is 0 Å². The summed E-state index contributed by atoms with van der Waals surface area (Å²) in [6.45, 7) is 0.903. The van der Waals surface area contributed by atoms with E-state index in [1.807, 2.05) is 52.9 Å². The summed E-state index contributed by atoms with van der Waals surface area (Å²) in [6.07, 6.45) is 0. The molecule has 6 rings (SSSR count). The average Bonchev–Trinajstić information content (AvgIpc) is 3.58. The van der Waals surface area contributed by atoms with E-state index in [1.54, 1.807) is 37.3 Å². The molecule has 2 aromatic heterocycles. The summed E-state index contributed by atoms with van der Waals surface area (Å²) >= 11 is 1.32. The molecule has 42 heavy (non-hydrogen) atoms. The molecule has 4 aromatic carbocycles. The third-order valence-electron chi connectivity index (χ3n) is 7.01. The average molecular weight is 582 g/mol. The fraction of sp³-hybridized carbons (Fsp3) is 0.156. The molecule has 1 amide bonds. The number of thioether (sulfide) groups is 1. The number of nitrogens with zero attached hydrogens (tertiary/aromatic N) is 5. The number of hydrogen-bond donors (Lipinski definition) is 0. The van der Waals surface area contributed by atoms with Crippen LogP contribution in [0.2, 0.25) is 0 Å². The molecule has 8 nitrogen and oxygen atoms in total. The van der Waals surface area contributed by atoms with Gasteiger partial charge in [0.25, 0.3) is 0 Å². The normalized spacial score (nSPS) is 11.2. The highest BCUT2D eigenvalue weighted by molar-refractivity contribution is 7.99. The number of carbonyl (C=O) groups excluding carboxylic acids is 1. The van der Waals surface area contributed by atoms with Gasteiger partial charge in [0.15, 0.2) is 16.7 Å². The van der Waals surface area contributed by atoms with E-state index in [9.17, 15) is 9.18 Å². The Bertz CT molecular complexity index is 1850. The van der Waals surface area contributed by atoms with Gasteiger partial charge in [0.2, 0.25) is 11.7 Å². The number of imidazole rings is 1. The number of fused-ring (bicyclic) bond motifs is 3. The minimum absolute atomic E-state index is 0.101. The van der Waals surface area contributed by atoms with E-state index < -0.39 is 0 Å². The predicted molar refractivity (Wildman–Crippen MR) is 162 cm³/mol. The second-order valence-electron chi connectivity index (χ2n) is 9.61. The largest absolute Gasteiger partial charge is 0.493 e. The van der Waals surface area contributed by atoms with Crippen molar-refractivity contribution in [3.63, 3.8) is 0 Å². The molecule has 2 heterocycles. The first kappa shape index (κ1) is 27.3. The summed E-state index contributed by atoms with van der Waals surface area (Å²) in [7, 11) is 3.14. The van der Waals surface area contributed by atoms with Gasteiger partial charge in [-0.25, -0.2) is 4.39 Å². The predicted octanol–water partition coefficient (Wildman–Crippen LogP) is 6.21. The molecule has 0 spiro atoms. The molecule has 0 bridgehead atoms. The molecule has 0 aliphatic heterocycles. The van der Waals surface area contributed by atoms with Crippen LogP contribution in [0.3, 0.4) is 0 Å². The number of aromatic nitrogens is 4. The number of methoxy groups -OCH3 is 2.